The van der Waals surface area contributed by atoms with E-state index in [1.807, 2.05) is 0 Å². The summed E-state index contributed by atoms with van der Waals surface area (Å²) < 4.78 is 0. The first-order chi connectivity index (χ1) is 8.30. The molecule has 1 atom stereocenters. The van der Waals surface area contributed by atoms with E-state index in [0.29, 0.717) is 5.41 Å². The van der Waals surface area contributed by atoms with E-state index in [1.54, 1.807) is 0 Å². The number of nitrogens with zero attached hydrogens (tertiary/aromatic N) is 1. The minimum Gasteiger partial charge on any atom is -0.316 e. The molecule has 1 aliphatic heterocycles. The van der Waals surface area contributed by atoms with Crippen LogP contribution in [-0.4, -0.2) is 37.6 Å². The quantitative estimate of drug-likeness (QED) is 0.730. The van der Waals surface area contributed by atoms with Crippen molar-refractivity contribution in [3.63, 3.8) is 0 Å². The molecule has 0 bridgehead atoms. The number of hydrogen-bond acceptors (Lipinski definition) is 2. The first-order valence-corrected chi connectivity index (χ1v) is 7.73. The second-order valence-electron chi connectivity index (χ2n) is 6.86. The molecular weight excluding hydrogens is 208 g/mol. The van der Waals surface area contributed by atoms with Crippen LogP contribution >= 0.6 is 0 Å². The van der Waals surface area contributed by atoms with Crippen LogP contribution < -0.4 is 5.32 Å². The summed E-state index contributed by atoms with van der Waals surface area (Å²) in [5.74, 6) is 2.11. The van der Waals surface area contributed by atoms with E-state index in [-0.39, 0.29) is 0 Å². The van der Waals surface area contributed by atoms with Gasteiger partial charge in [-0.15, -0.1) is 0 Å². The Hall–Kier alpha value is -0.0800. The fourth-order valence-electron chi connectivity index (χ4n) is 3.35. The zero-order valence-electron chi connectivity index (χ0n) is 11.4. The Morgan fingerprint density at radius 1 is 1.12 bits per heavy atom. The largest absolute Gasteiger partial charge is 0.316 e. The first kappa shape index (κ1) is 12.0. The molecule has 17 heavy (non-hydrogen) atoms. The lowest BCUT2D eigenvalue weighted by Gasteiger charge is -2.34. The third-order valence-corrected chi connectivity index (χ3v) is 5.07. The molecule has 2 saturated carbocycles. The number of rotatable bonds is 7. The summed E-state index contributed by atoms with van der Waals surface area (Å²) >= 11 is 0. The molecule has 2 nitrogen and oxygen atoms in total. The molecule has 0 spiro atoms. The molecule has 1 heterocycles. The molecular formula is C15H28N2. The van der Waals surface area contributed by atoms with Gasteiger partial charge in [-0.25, -0.2) is 0 Å². The van der Waals surface area contributed by atoms with Crippen LogP contribution in [-0.2, 0) is 0 Å². The molecule has 1 saturated heterocycles. The summed E-state index contributed by atoms with van der Waals surface area (Å²) in [5, 5.41) is 3.58. The molecule has 1 N–H and O–H groups in total. The molecule has 3 fully saturated rings. The molecule has 2 heteroatoms. The van der Waals surface area contributed by atoms with Gasteiger partial charge in [-0.3, -0.25) is 0 Å². The van der Waals surface area contributed by atoms with Gasteiger partial charge in [0.1, 0.15) is 0 Å². The maximum Gasteiger partial charge on any atom is 0.00507 e. The number of nitrogens with one attached hydrogen (secondary N) is 1. The molecule has 0 amide bonds. The van der Waals surface area contributed by atoms with Crippen LogP contribution in [0, 0.1) is 17.3 Å². The standard InChI is InChI=1S/C15H28N2/c1-2-15(7-8-16-11-15)12-17(9-13-3-4-13)10-14-5-6-14/h13-14,16H,2-12H2,1H3. The Balaban J connectivity index is 1.56. The van der Waals surface area contributed by atoms with Crippen LogP contribution in [0.2, 0.25) is 0 Å². The third kappa shape index (κ3) is 3.23. The van der Waals surface area contributed by atoms with Gasteiger partial charge in [0.2, 0.25) is 0 Å². The highest BCUT2D eigenvalue weighted by Crippen LogP contribution is 2.37. The average molecular weight is 236 g/mol. The normalized spacial score (nSPS) is 33.5. The molecule has 0 radical (unpaired) electrons. The highest BCUT2D eigenvalue weighted by Gasteiger charge is 2.37. The van der Waals surface area contributed by atoms with Crippen LogP contribution in [0.4, 0.5) is 0 Å². The predicted molar refractivity (Wildman–Crippen MR) is 72.1 cm³/mol. The van der Waals surface area contributed by atoms with E-state index in [9.17, 15) is 0 Å². The van der Waals surface area contributed by atoms with E-state index in [4.69, 9.17) is 0 Å². The molecule has 0 aromatic rings. The molecule has 0 aromatic carbocycles. The maximum atomic E-state index is 3.58. The second-order valence-corrected chi connectivity index (χ2v) is 6.86. The van der Waals surface area contributed by atoms with Crippen LogP contribution in [0.25, 0.3) is 0 Å². The average Bonchev–Trinajstić information content (AvgIpc) is 3.23. The fraction of sp³-hybridized carbons (Fsp3) is 1.00. The van der Waals surface area contributed by atoms with Gasteiger partial charge in [-0.2, -0.15) is 0 Å². The zero-order chi connectivity index (χ0) is 11.7. The number of hydrogen-bond donors (Lipinski definition) is 1. The zero-order valence-corrected chi connectivity index (χ0v) is 11.4. The van der Waals surface area contributed by atoms with Gasteiger partial charge in [-0.1, -0.05) is 6.92 Å². The van der Waals surface area contributed by atoms with Crippen molar-refractivity contribution in [1.29, 1.82) is 0 Å². The van der Waals surface area contributed by atoms with Gasteiger partial charge < -0.3 is 10.2 Å². The van der Waals surface area contributed by atoms with Crippen molar-refractivity contribution in [3.05, 3.63) is 0 Å². The van der Waals surface area contributed by atoms with Crippen molar-refractivity contribution in [1.82, 2.24) is 10.2 Å². The lowest BCUT2D eigenvalue weighted by atomic mass is 9.83. The summed E-state index contributed by atoms with van der Waals surface area (Å²) in [6.45, 7) is 9.06. The van der Waals surface area contributed by atoms with Gasteiger partial charge in [0.05, 0.1) is 0 Å². The van der Waals surface area contributed by atoms with E-state index >= 15 is 0 Å². The van der Waals surface area contributed by atoms with Crippen molar-refractivity contribution < 1.29 is 0 Å². The third-order valence-electron chi connectivity index (χ3n) is 5.07. The van der Waals surface area contributed by atoms with E-state index in [2.05, 4.69) is 17.1 Å². The van der Waals surface area contributed by atoms with Crippen LogP contribution in [0.15, 0.2) is 0 Å². The van der Waals surface area contributed by atoms with Crippen LogP contribution in [0.3, 0.4) is 0 Å². The lowest BCUT2D eigenvalue weighted by molar-refractivity contribution is 0.148. The van der Waals surface area contributed by atoms with Crippen molar-refractivity contribution in [2.45, 2.75) is 45.4 Å². The second kappa shape index (κ2) is 4.89. The highest BCUT2D eigenvalue weighted by atomic mass is 15.2. The highest BCUT2D eigenvalue weighted by molar-refractivity contribution is 4.92. The van der Waals surface area contributed by atoms with Gasteiger partial charge in [0.15, 0.2) is 0 Å². The Labute approximate surface area is 106 Å². The van der Waals surface area contributed by atoms with Crippen molar-refractivity contribution in [2.75, 3.05) is 32.7 Å². The summed E-state index contributed by atoms with van der Waals surface area (Å²) in [5.41, 5.74) is 0.601. The van der Waals surface area contributed by atoms with Crippen molar-refractivity contribution >= 4 is 0 Å². The molecule has 3 rings (SSSR count). The van der Waals surface area contributed by atoms with Gasteiger partial charge in [0.25, 0.3) is 0 Å². The Morgan fingerprint density at radius 2 is 1.76 bits per heavy atom. The summed E-state index contributed by atoms with van der Waals surface area (Å²) in [6, 6.07) is 0. The Kier molecular flexibility index (Phi) is 3.45. The topological polar surface area (TPSA) is 15.3 Å². The first-order valence-electron chi connectivity index (χ1n) is 7.73. The predicted octanol–water partition coefficient (Wildman–Crippen LogP) is 2.50. The molecule has 2 aliphatic carbocycles. The van der Waals surface area contributed by atoms with Crippen LogP contribution in [0.1, 0.15) is 45.4 Å². The van der Waals surface area contributed by atoms with E-state index in [0.717, 1.165) is 11.8 Å². The lowest BCUT2D eigenvalue weighted by Crippen LogP contribution is -2.41. The Morgan fingerprint density at radius 3 is 2.18 bits per heavy atom. The summed E-state index contributed by atoms with van der Waals surface area (Å²) in [6.07, 6.45) is 8.75. The van der Waals surface area contributed by atoms with Gasteiger partial charge in [-0.05, 0) is 62.3 Å². The Bertz CT molecular complexity index is 236. The van der Waals surface area contributed by atoms with E-state index in [1.165, 1.54) is 71.2 Å². The van der Waals surface area contributed by atoms with Gasteiger partial charge in [0, 0.05) is 26.2 Å². The van der Waals surface area contributed by atoms with Crippen LogP contribution in [0.5, 0.6) is 0 Å². The summed E-state index contributed by atoms with van der Waals surface area (Å²) in [4.78, 5) is 2.83. The molecule has 0 aromatic heterocycles. The fourth-order valence-corrected chi connectivity index (χ4v) is 3.35. The van der Waals surface area contributed by atoms with Crippen molar-refractivity contribution in [2.24, 2.45) is 17.3 Å². The smallest absolute Gasteiger partial charge is 0.00507 e. The monoisotopic (exact) mass is 236 g/mol. The minimum absolute atomic E-state index is 0.601. The SMILES string of the molecule is CCC1(CN(CC2CC2)CC2CC2)CCNC1. The van der Waals surface area contributed by atoms with E-state index < -0.39 is 0 Å². The maximum absolute atomic E-state index is 3.58. The van der Waals surface area contributed by atoms with Crippen molar-refractivity contribution in [3.8, 4) is 0 Å². The van der Waals surface area contributed by atoms with Gasteiger partial charge >= 0.3 is 0 Å². The minimum atomic E-state index is 0.601. The molecule has 1 unspecified atom stereocenters. The molecule has 98 valence electrons. The summed E-state index contributed by atoms with van der Waals surface area (Å²) in [7, 11) is 0. The molecule has 3 aliphatic rings.